The lowest BCUT2D eigenvalue weighted by Gasteiger charge is -2.15. The number of halogens is 1. The first-order chi connectivity index (χ1) is 10.5. The summed E-state index contributed by atoms with van der Waals surface area (Å²) in [5.41, 5.74) is 1.37. The van der Waals surface area contributed by atoms with E-state index in [0.29, 0.717) is 0 Å². The van der Waals surface area contributed by atoms with E-state index in [-0.39, 0.29) is 28.1 Å². The van der Waals surface area contributed by atoms with Crippen molar-refractivity contribution < 1.29 is 14.3 Å². The van der Waals surface area contributed by atoms with Crippen LogP contribution < -0.4 is 5.32 Å². The van der Waals surface area contributed by atoms with Crippen LogP contribution in [0.3, 0.4) is 0 Å². The van der Waals surface area contributed by atoms with Crippen LogP contribution in [0.15, 0.2) is 48.5 Å². The van der Waals surface area contributed by atoms with Crippen molar-refractivity contribution in [3.8, 4) is 0 Å². The van der Waals surface area contributed by atoms with E-state index in [1.807, 2.05) is 30.3 Å². The van der Waals surface area contributed by atoms with Crippen molar-refractivity contribution >= 4 is 29.2 Å². The average Bonchev–Trinajstić information content (AvgIpc) is 2.56. The number of amides is 1. The molecule has 2 aromatic carbocycles. The molecule has 0 heterocycles. The number of hydrogen-bond donors (Lipinski definition) is 1. The van der Waals surface area contributed by atoms with Crippen LogP contribution >= 0.6 is 11.6 Å². The first kappa shape index (κ1) is 16.0. The fourth-order valence-corrected chi connectivity index (χ4v) is 2.28. The summed E-state index contributed by atoms with van der Waals surface area (Å²) >= 11 is 6.10. The second-order valence-electron chi connectivity index (χ2n) is 4.78. The summed E-state index contributed by atoms with van der Waals surface area (Å²) < 4.78 is 4.71. The molecule has 2 rings (SSSR count). The molecule has 0 spiro atoms. The average molecular weight is 318 g/mol. The van der Waals surface area contributed by atoms with Gasteiger partial charge in [-0.05, 0) is 24.6 Å². The summed E-state index contributed by atoms with van der Waals surface area (Å²) in [5.74, 6) is -1.17. The van der Waals surface area contributed by atoms with Gasteiger partial charge in [-0.1, -0.05) is 48.0 Å². The van der Waals surface area contributed by atoms with Crippen molar-refractivity contribution in [1.82, 2.24) is 0 Å². The highest BCUT2D eigenvalue weighted by molar-refractivity contribution is 6.34. The second-order valence-corrected chi connectivity index (χ2v) is 5.18. The number of rotatable bonds is 4. The minimum absolute atomic E-state index is 0.226. The van der Waals surface area contributed by atoms with Crippen LogP contribution in [0.5, 0.6) is 0 Å². The van der Waals surface area contributed by atoms with Crippen LogP contribution in [-0.4, -0.2) is 19.0 Å². The predicted molar refractivity (Wildman–Crippen MR) is 86.3 cm³/mol. The van der Waals surface area contributed by atoms with Gasteiger partial charge < -0.3 is 10.1 Å². The third-order valence-corrected chi connectivity index (χ3v) is 3.67. The number of methoxy groups -OCH3 is 1. The van der Waals surface area contributed by atoms with Crippen molar-refractivity contribution in [2.45, 2.75) is 12.8 Å². The zero-order valence-corrected chi connectivity index (χ0v) is 13.1. The smallest absolute Gasteiger partial charge is 0.340 e. The van der Waals surface area contributed by atoms with Gasteiger partial charge in [0.15, 0.2) is 0 Å². The molecule has 1 N–H and O–H groups in total. The van der Waals surface area contributed by atoms with Gasteiger partial charge in [0.2, 0.25) is 5.91 Å². The maximum atomic E-state index is 12.4. The van der Waals surface area contributed by atoms with Crippen molar-refractivity contribution in [3.63, 3.8) is 0 Å². The van der Waals surface area contributed by atoms with Gasteiger partial charge >= 0.3 is 5.97 Å². The molecule has 0 saturated heterocycles. The quantitative estimate of drug-likeness (QED) is 0.871. The Bertz CT molecular complexity index is 686. The molecule has 0 bridgehead atoms. The summed E-state index contributed by atoms with van der Waals surface area (Å²) in [5, 5.41) is 3.01. The third-order valence-electron chi connectivity index (χ3n) is 3.36. The van der Waals surface area contributed by atoms with Crippen molar-refractivity contribution in [2.75, 3.05) is 12.4 Å². The van der Waals surface area contributed by atoms with E-state index in [1.54, 1.807) is 25.1 Å². The van der Waals surface area contributed by atoms with Crippen molar-refractivity contribution in [1.29, 1.82) is 0 Å². The van der Waals surface area contributed by atoms with E-state index >= 15 is 0 Å². The maximum Gasteiger partial charge on any atom is 0.340 e. The summed E-state index contributed by atoms with van der Waals surface area (Å²) in [4.78, 5) is 24.2. The second kappa shape index (κ2) is 7.09. The topological polar surface area (TPSA) is 55.4 Å². The Morgan fingerprint density at radius 1 is 1.09 bits per heavy atom. The Morgan fingerprint density at radius 2 is 1.77 bits per heavy atom. The molecule has 0 fully saturated rings. The highest BCUT2D eigenvalue weighted by Crippen LogP contribution is 2.28. The molecule has 0 saturated carbocycles. The van der Waals surface area contributed by atoms with E-state index < -0.39 is 5.97 Å². The number of nitrogens with one attached hydrogen (secondary N) is 1. The molecule has 0 radical (unpaired) electrons. The minimum atomic E-state index is -0.551. The molecular weight excluding hydrogens is 302 g/mol. The maximum absolute atomic E-state index is 12.4. The normalized spacial score (nSPS) is 11.6. The van der Waals surface area contributed by atoms with E-state index in [9.17, 15) is 9.59 Å². The summed E-state index contributed by atoms with van der Waals surface area (Å²) in [6.45, 7) is 1.79. The zero-order chi connectivity index (χ0) is 16.1. The van der Waals surface area contributed by atoms with Crippen molar-refractivity contribution in [2.24, 2.45) is 0 Å². The van der Waals surface area contributed by atoms with Gasteiger partial charge in [-0.25, -0.2) is 4.79 Å². The zero-order valence-electron chi connectivity index (χ0n) is 12.3. The number of hydrogen-bond acceptors (Lipinski definition) is 3. The summed E-state index contributed by atoms with van der Waals surface area (Å²) in [6.07, 6.45) is 0. The Morgan fingerprint density at radius 3 is 2.41 bits per heavy atom. The molecule has 1 unspecified atom stereocenters. The lowest BCUT2D eigenvalue weighted by Crippen LogP contribution is -2.21. The number of ether oxygens (including phenoxy) is 1. The van der Waals surface area contributed by atoms with Gasteiger partial charge in [-0.15, -0.1) is 0 Å². The summed E-state index contributed by atoms with van der Waals surface area (Å²) in [6, 6.07) is 14.2. The first-order valence-electron chi connectivity index (χ1n) is 6.77. The predicted octanol–water partition coefficient (Wildman–Crippen LogP) is 3.87. The molecule has 0 aliphatic heterocycles. The van der Waals surface area contributed by atoms with Crippen molar-refractivity contribution in [3.05, 3.63) is 64.7 Å². The molecule has 5 heteroatoms. The lowest BCUT2D eigenvalue weighted by atomic mass is 10.00. The Balaban J connectivity index is 2.27. The highest BCUT2D eigenvalue weighted by atomic mass is 35.5. The monoisotopic (exact) mass is 317 g/mol. The van der Waals surface area contributed by atoms with Crippen LogP contribution in [0.4, 0.5) is 5.69 Å². The molecule has 2 aromatic rings. The van der Waals surface area contributed by atoms with Crippen LogP contribution in [-0.2, 0) is 9.53 Å². The van der Waals surface area contributed by atoms with Gasteiger partial charge in [-0.3, -0.25) is 4.79 Å². The van der Waals surface area contributed by atoms with Gasteiger partial charge in [0.05, 0.1) is 29.3 Å². The lowest BCUT2D eigenvalue weighted by molar-refractivity contribution is -0.117. The molecule has 4 nitrogen and oxygen atoms in total. The Kier molecular flexibility index (Phi) is 5.17. The van der Waals surface area contributed by atoms with Gasteiger partial charge in [0, 0.05) is 0 Å². The van der Waals surface area contributed by atoms with Gasteiger partial charge in [0.25, 0.3) is 0 Å². The van der Waals surface area contributed by atoms with Crippen LogP contribution in [0.2, 0.25) is 5.02 Å². The van der Waals surface area contributed by atoms with E-state index in [1.165, 1.54) is 7.11 Å². The number of benzene rings is 2. The highest BCUT2D eigenvalue weighted by Gasteiger charge is 2.20. The third kappa shape index (κ3) is 3.46. The van der Waals surface area contributed by atoms with E-state index in [2.05, 4.69) is 5.32 Å². The molecule has 1 atom stereocenters. The van der Waals surface area contributed by atoms with Crippen LogP contribution in [0, 0.1) is 0 Å². The van der Waals surface area contributed by atoms with E-state index in [0.717, 1.165) is 5.56 Å². The molecule has 22 heavy (non-hydrogen) atoms. The first-order valence-corrected chi connectivity index (χ1v) is 7.15. The molecule has 0 aromatic heterocycles. The van der Waals surface area contributed by atoms with Crippen LogP contribution in [0.1, 0.15) is 28.8 Å². The van der Waals surface area contributed by atoms with E-state index in [4.69, 9.17) is 16.3 Å². The van der Waals surface area contributed by atoms with Gasteiger partial charge in [-0.2, -0.15) is 0 Å². The molecule has 0 aliphatic rings. The molecule has 114 valence electrons. The molecular formula is C17H16ClNO3. The number of carbonyl (C=O) groups excluding carboxylic acids is 2. The fourth-order valence-electron chi connectivity index (χ4n) is 2.06. The standard InChI is InChI=1S/C17H16ClNO3/c1-11(12-7-4-3-5-8-12)16(20)19-15-13(17(21)22-2)9-6-10-14(15)18/h3-11H,1-2H3,(H,19,20). The van der Waals surface area contributed by atoms with Gasteiger partial charge in [0.1, 0.15) is 0 Å². The SMILES string of the molecule is COC(=O)c1cccc(Cl)c1NC(=O)C(C)c1ccccc1. The number of anilines is 1. The number of para-hydroxylation sites is 1. The molecule has 0 aliphatic carbocycles. The van der Waals surface area contributed by atoms with Crippen LogP contribution in [0.25, 0.3) is 0 Å². The summed E-state index contributed by atoms with van der Waals surface area (Å²) in [7, 11) is 1.28. The minimum Gasteiger partial charge on any atom is -0.465 e. The molecule has 1 amide bonds. The fraction of sp³-hybridized carbons (Fsp3) is 0.176. The Labute approximate surface area is 134 Å². The Hall–Kier alpha value is -2.33. The number of esters is 1. The number of carbonyl (C=O) groups is 2. The largest absolute Gasteiger partial charge is 0.465 e.